The van der Waals surface area contributed by atoms with E-state index < -0.39 is 0 Å². The van der Waals surface area contributed by atoms with Crippen LogP contribution in [0.15, 0.2) is 0 Å². The molecule has 0 aromatic heterocycles. The van der Waals surface area contributed by atoms with Gasteiger partial charge in [-0.15, -0.1) is 0 Å². The molecule has 10 heavy (non-hydrogen) atoms. The molecule has 1 aliphatic rings. The third-order valence-electron chi connectivity index (χ3n) is 2.61. The van der Waals surface area contributed by atoms with Crippen LogP contribution in [0.5, 0.6) is 0 Å². The molecule has 1 aliphatic carbocycles. The van der Waals surface area contributed by atoms with Gasteiger partial charge < -0.3 is 5.73 Å². The number of rotatable bonds is 1. The van der Waals surface area contributed by atoms with Crippen LogP contribution in [0, 0.1) is 0 Å². The maximum absolute atomic E-state index is 6.13. The lowest BCUT2D eigenvalue weighted by Gasteiger charge is -2.39. The Morgan fingerprint density at radius 2 is 1.60 bits per heavy atom. The molecule has 0 amide bonds. The normalized spacial score (nSPS) is 25.2. The highest BCUT2D eigenvalue weighted by molar-refractivity contribution is 4.83. The highest BCUT2D eigenvalue weighted by Gasteiger charge is 2.28. The van der Waals surface area contributed by atoms with E-state index in [1.165, 1.54) is 32.1 Å². The van der Waals surface area contributed by atoms with Gasteiger partial charge in [0.1, 0.15) is 0 Å². The largest absolute Gasteiger partial charge is 0.313 e. The fraction of sp³-hybridized carbons (Fsp3) is 1.00. The van der Waals surface area contributed by atoms with Crippen molar-refractivity contribution in [1.29, 1.82) is 0 Å². The second kappa shape index (κ2) is 2.89. The summed E-state index contributed by atoms with van der Waals surface area (Å²) in [5, 5.41) is 0. The Bertz CT molecular complexity index is 104. The molecule has 0 atom stereocenters. The van der Waals surface area contributed by atoms with Gasteiger partial charge in [0.25, 0.3) is 0 Å². The lowest BCUT2D eigenvalue weighted by molar-refractivity contribution is 0.107. The van der Waals surface area contributed by atoms with E-state index in [0.29, 0.717) is 0 Å². The first-order chi connectivity index (χ1) is 4.65. The summed E-state index contributed by atoms with van der Waals surface area (Å²) in [5.41, 5.74) is 6.14. The maximum Gasteiger partial charge on any atom is 0.0682 e. The summed E-state index contributed by atoms with van der Waals surface area (Å²) >= 11 is 0. The summed E-state index contributed by atoms with van der Waals surface area (Å²) in [6.07, 6.45) is 6.30. The quantitative estimate of drug-likeness (QED) is 0.557. The Morgan fingerprint density at radius 3 is 1.90 bits per heavy atom. The smallest absolute Gasteiger partial charge is 0.0682 e. The third kappa shape index (κ3) is 1.50. The van der Waals surface area contributed by atoms with Gasteiger partial charge in [-0.2, -0.15) is 0 Å². The number of nitrogens with zero attached hydrogens (tertiary/aromatic N) is 1. The highest BCUT2D eigenvalue weighted by atomic mass is 15.2. The summed E-state index contributed by atoms with van der Waals surface area (Å²) in [6, 6.07) is 0. The fourth-order valence-corrected chi connectivity index (χ4v) is 1.61. The molecular formula is C8H18N2. The van der Waals surface area contributed by atoms with Gasteiger partial charge in [0.15, 0.2) is 0 Å². The van der Waals surface area contributed by atoms with Crippen molar-refractivity contribution in [2.75, 3.05) is 14.1 Å². The molecule has 60 valence electrons. The second-order valence-corrected chi connectivity index (χ2v) is 3.56. The zero-order valence-electron chi connectivity index (χ0n) is 7.06. The molecule has 0 spiro atoms. The van der Waals surface area contributed by atoms with E-state index in [-0.39, 0.29) is 5.66 Å². The van der Waals surface area contributed by atoms with Crippen LogP contribution in [-0.2, 0) is 0 Å². The first kappa shape index (κ1) is 8.02. The summed E-state index contributed by atoms with van der Waals surface area (Å²) in [4.78, 5) is 2.16. The van der Waals surface area contributed by atoms with Crippen LogP contribution < -0.4 is 5.73 Å². The van der Waals surface area contributed by atoms with Crippen LogP contribution in [0.2, 0.25) is 0 Å². The molecule has 0 saturated heterocycles. The van der Waals surface area contributed by atoms with Crippen LogP contribution in [-0.4, -0.2) is 24.7 Å². The second-order valence-electron chi connectivity index (χ2n) is 3.56. The van der Waals surface area contributed by atoms with Crippen LogP contribution in [0.3, 0.4) is 0 Å². The molecule has 0 unspecified atom stereocenters. The number of hydrogen-bond acceptors (Lipinski definition) is 2. The molecule has 0 aromatic rings. The Kier molecular flexibility index (Phi) is 2.32. The van der Waals surface area contributed by atoms with E-state index in [1.54, 1.807) is 0 Å². The minimum atomic E-state index is 0.0122. The SMILES string of the molecule is CN(C)C1(N)CCCCC1. The van der Waals surface area contributed by atoms with Crippen LogP contribution in [0.1, 0.15) is 32.1 Å². The molecule has 1 saturated carbocycles. The monoisotopic (exact) mass is 142 g/mol. The summed E-state index contributed by atoms with van der Waals surface area (Å²) < 4.78 is 0. The van der Waals surface area contributed by atoms with Crippen molar-refractivity contribution >= 4 is 0 Å². The van der Waals surface area contributed by atoms with Crippen LogP contribution in [0.25, 0.3) is 0 Å². The van der Waals surface area contributed by atoms with Crippen molar-refractivity contribution in [2.24, 2.45) is 5.73 Å². The topological polar surface area (TPSA) is 29.3 Å². The molecular weight excluding hydrogens is 124 g/mol. The fourth-order valence-electron chi connectivity index (χ4n) is 1.61. The molecule has 0 aromatic carbocycles. The Morgan fingerprint density at radius 1 is 1.10 bits per heavy atom. The van der Waals surface area contributed by atoms with Crippen molar-refractivity contribution in [2.45, 2.75) is 37.8 Å². The van der Waals surface area contributed by atoms with Gasteiger partial charge in [-0.25, -0.2) is 0 Å². The average Bonchev–Trinajstić information content (AvgIpc) is 1.89. The number of nitrogens with two attached hydrogens (primary N) is 1. The Hall–Kier alpha value is -0.0800. The van der Waals surface area contributed by atoms with E-state index >= 15 is 0 Å². The van der Waals surface area contributed by atoms with Crippen molar-refractivity contribution in [1.82, 2.24) is 4.90 Å². The molecule has 1 fully saturated rings. The van der Waals surface area contributed by atoms with Gasteiger partial charge in [0.05, 0.1) is 5.66 Å². The van der Waals surface area contributed by atoms with Gasteiger partial charge in [-0.1, -0.05) is 19.3 Å². The molecule has 2 heteroatoms. The lowest BCUT2D eigenvalue weighted by Crippen LogP contribution is -2.53. The molecule has 1 rings (SSSR count). The third-order valence-corrected chi connectivity index (χ3v) is 2.61. The maximum atomic E-state index is 6.13. The van der Waals surface area contributed by atoms with Crippen molar-refractivity contribution in [3.63, 3.8) is 0 Å². The van der Waals surface area contributed by atoms with Gasteiger partial charge >= 0.3 is 0 Å². The minimum absolute atomic E-state index is 0.0122. The van der Waals surface area contributed by atoms with Crippen LogP contribution >= 0.6 is 0 Å². The Balaban J connectivity index is 2.48. The average molecular weight is 142 g/mol. The van der Waals surface area contributed by atoms with E-state index in [9.17, 15) is 0 Å². The van der Waals surface area contributed by atoms with E-state index in [4.69, 9.17) is 5.73 Å². The van der Waals surface area contributed by atoms with Crippen molar-refractivity contribution in [3.05, 3.63) is 0 Å². The summed E-state index contributed by atoms with van der Waals surface area (Å²) in [6.45, 7) is 0. The summed E-state index contributed by atoms with van der Waals surface area (Å²) in [7, 11) is 4.15. The van der Waals surface area contributed by atoms with Crippen LogP contribution in [0.4, 0.5) is 0 Å². The van der Waals surface area contributed by atoms with Gasteiger partial charge in [-0.3, -0.25) is 4.90 Å². The van der Waals surface area contributed by atoms with Gasteiger partial charge in [0, 0.05) is 0 Å². The first-order valence-electron chi connectivity index (χ1n) is 4.11. The van der Waals surface area contributed by atoms with Gasteiger partial charge in [-0.05, 0) is 26.9 Å². The molecule has 0 heterocycles. The molecule has 2 N–H and O–H groups in total. The van der Waals surface area contributed by atoms with Gasteiger partial charge in [0.2, 0.25) is 0 Å². The molecule has 0 aliphatic heterocycles. The highest BCUT2D eigenvalue weighted by Crippen LogP contribution is 2.26. The standard InChI is InChI=1S/C8H18N2/c1-10(2)8(9)6-4-3-5-7-8/h3-7,9H2,1-2H3. The predicted octanol–water partition coefficient (Wildman–Crippen LogP) is 1.17. The van der Waals surface area contributed by atoms with E-state index in [1.807, 2.05) is 0 Å². The van der Waals surface area contributed by atoms with Crippen molar-refractivity contribution in [3.8, 4) is 0 Å². The van der Waals surface area contributed by atoms with Crippen molar-refractivity contribution < 1.29 is 0 Å². The minimum Gasteiger partial charge on any atom is -0.313 e. The van der Waals surface area contributed by atoms with E-state index in [2.05, 4.69) is 19.0 Å². The van der Waals surface area contributed by atoms with E-state index in [0.717, 1.165) is 0 Å². The molecule has 0 bridgehead atoms. The first-order valence-corrected chi connectivity index (χ1v) is 4.11. The lowest BCUT2D eigenvalue weighted by atomic mass is 9.89. The zero-order valence-corrected chi connectivity index (χ0v) is 7.06. The number of hydrogen-bond donors (Lipinski definition) is 1. The Labute approximate surface area is 63.4 Å². The zero-order chi connectivity index (χ0) is 7.61. The summed E-state index contributed by atoms with van der Waals surface area (Å²) in [5.74, 6) is 0. The molecule has 2 nitrogen and oxygen atoms in total. The predicted molar refractivity (Wildman–Crippen MR) is 43.7 cm³/mol. The molecule has 0 radical (unpaired) electrons.